The van der Waals surface area contributed by atoms with E-state index in [4.69, 9.17) is 0 Å². The Morgan fingerprint density at radius 1 is 1.21 bits per heavy atom. The number of benzene rings is 1. The Balaban J connectivity index is 0.00000280. The molecule has 0 spiro atoms. The molecule has 2 saturated heterocycles. The van der Waals surface area contributed by atoms with Gasteiger partial charge in [-0.05, 0) is 63.4 Å². The minimum Gasteiger partial charge on any atom is -0.371 e. The molecule has 3 rings (SSSR count). The zero-order chi connectivity index (χ0) is 19.1. The number of anilines is 2. The highest BCUT2D eigenvalue weighted by atomic mass is 35.5. The largest absolute Gasteiger partial charge is 0.371 e. The maximum atomic E-state index is 12.8. The van der Waals surface area contributed by atoms with E-state index in [9.17, 15) is 9.59 Å². The van der Waals surface area contributed by atoms with Crippen LogP contribution in [0.15, 0.2) is 24.3 Å². The average Bonchev–Trinajstić information content (AvgIpc) is 3.23. The van der Waals surface area contributed by atoms with Crippen LogP contribution in [-0.2, 0) is 9.59 Å². The summed E-state index contributed by atoms with van der Waals surface area (Å²) < 4.78 is 0. The fourth-order valence-electron chi connectivity index (χ4n) is 3.92. The van der Waals surface area contributed by atoms with Crippen LogP contribution in [0.25, 0.3) is 0 Å². The third kappa shape index (κ3) is 6.11. The maximum Gasteiger partial charge on any atom is 0.246 e. The summed E-state index contributed by atoms with van der Waals surface area (Å²) in [6.07, 6.45) is 5.61. The molecular weight excluding hydrogens is 376 g/mol. The van der Waals surface area contributed by atoms with Crippen molar-refractivity contribution in [1.82, 2.24) is 10.6 Å². The van der Waals surface area contributed by atoms with Crippen LogP contribution >= 0.6 is 12.4 Å². The van der Waals surface area contributed by atoms with Gasteiger partial charge in [0.25, 0.3) is 0 Å². The Hall–Kier alpha value is -1.79. The molecule has 1 atom stereocenters. The molecule has 1 aromatic rings. The molecule has 6 nitrogen and oxygen atoms in total. The number of halogens is 1. The SMILES string of the molecule is CCCC(NC(=O)C1CCNCC1)C(=O)Nc1cccc(N2CCCC2)c1.Cl. The normalized spacial score (nSPS) is 18.2. The number of hydrogen-bond acceptors (Lipinski definition) is 4. The summed E-state index contributed by atoms with van der Waals surface area (Å²) in [5.74, 6) is -0.106. The summed E-state index contributed by atoms with van der Waals surface area (Å²) in [5, 5.41) is 9.26. The molecule has 0 aromatic heterocycles. The smallest absolute Gasteiger partial charge is 0.246 e. The Labute approximate surface area is 174 Å². The Bertz CT molecular complexity index is 643. The van der Waals surface area contributed by atoms with E-state index in [0.717, 1.165) is 56.8 Å². The molecule has 0 aliphatic carbocycles. The van der Waals surface area contributed by atoms with Crippen molar-refractivity contribution < 1.29 is 9.59 Å². The average molecular weight is 409 g/mol. The molecule has 1 unspecified atom stereocenters. The second-order valence-corrected chi connectivity index (χ2v) is 7.61. The first kappa shape index (κ1) is 22.5. The lowest BCUT2D eigenvalue weighted by molar-refractivity contribution is -0.130. The number of carbonyl (C=O) groups is 2. The highest BCUT2D eigenvalue weighted by Gasteiger charge is 2.26. The molecule has 2 amide bonds. The first-order chi connectivity index (χ1) is 13.2. The van der Waals surface area contributed by atoms with Gasteiger partial charge in [0.1, 0.15) is 6.04 Å². The molecule has 2 aliphatic rings. The van der Waals surface area contributed by atoms with Crippen LogP contribution in [0.5, 0.6) is 0 Å². The van der Waals surface area contributed by atoms with Crippen LogP contribution in [-0.4, -0.2) is 44.0 Å². The van der Waals surface area contributed by atoms with Gasteiger partial charge in [0, 0.05) is 30.4 Å². The topological polar surface area (TPSA) is 73.5 Å². The highest BCUT2D eigenvalue weighted by Crippen LogP contribution is 2.23. The predicted molar refractivity (Wildman–Crippen MR) is 116 cm³/mol. The standard InChI is InChI=1S/C21H32N4O2.ClH/c1-2-6-19(24-20(26)16-9-11-22-12-10-16)21(27)23-17-7-5-8-18(15-17)25-13-3-4-14-25;/h5,7-8,15-16,19,22H,2-4,6,9-14H2,1H3,(H,23,27)(H,24,26);1H. The van der Waals surface area contributed by atoms with Gasteiger partial charge in [-0.15, -0.1) is 12.4 Å². The zero-order valence-electron chi connectivity index (χ0n) is 16.7. The zero-order valence-corrected chi connectivity index (χ0v) is 17.5. The van der Waals surface area contributed by atoms with Crippen LogP contribution in [0.1, 0.15) is 45.4 Å². The fourth-order valence-corrected chi connectivity index (χ4v) is 3.92. The molecule has 0 saturated carbocycles. The van der Waals surface area contributed by atoms with E-state index >= 15 is 0 Å². The minimum absolute atomic E-state index is 0. The van der Waals surface area contributed by atoms with Crippen molar-refractivity contribution in [2.75, 3.05) is 36.4 Å². The Morgan fingerprint density at radius 2 is 1.93 bits per heavy atom. The second kappa shape index (κ2) is 11.3. The minimum atomic E-state index is -0.479. The van der Waals surface area contributed by atoms with Crippen molar-refractivity contribution in [2.24, 2.45) is 5.92 Å². The number of carbonyl (C=O) groups excluding carboxylic acids is 2. The van der Waals surface area contributed by atoms with Crippen molar-refractivity contribution in [3.63, 3.8) is 0 Å². The van der Waals surface area contributed by atoms with Crippen molar-refractivity contribution in [1.29, 1.82) is 0 Å². The quantitative estimate of drug-likeness (QED) is 0.648. The third-order valence-corrected chi connectivity index (χ3v) is 5.51. The van der Waals surface area contributed by atoms with Gasteiger partial charge in [-0.1, -0.05) is 19.4 Å². The summed E-state index contributed by atoms with van der Waals surface area (Å²) in [6, 6.07) is 7.53. The van der Waals surface area contributed by atoms with Gasteiger partial charge in [-0.2, -0.15) is 0 Å². The lowest BCUT2D eigenvalue weighted by Gasteiger charge is -2.25. The van der Waals surface area contributed by atoms with E-state index in [1.807, 2.05) is 25.1 Å². The van der Waals surface area contributed by atoms with E-state index in [1.54, 1.807) is 0 Å². The van der Waals surface area contributed by atoms with E-state index in [1.165, 1.54) is 12.8 Å². The van der Waals surface area contributed by atoms with E-state index in [0.29, 0.717) is 6.42 Å². The fraction of sp³-hybridized carbons (Fsp3) is 0.619. The summed E-state index contributed by atoms with van der Waals surface area (Å²) in [7, 11) is 0. The molecule has 28 heavy (non-hydrogen) atoms. The predicted octanol–water partition coefficient (Wildman–Crippen LogP) is 2.93. The molecule has 0 bridgehead atoms. The molecular formula is C21H33ClN4O2. The Kier molecular flexibility index (Phi) is 9.06. The van der Waals surface area contributed by atoms with Gasteiger partial charge in [0.2, 0.25) is 11.8 Å². The van der Waals surface area contributed by atoms with Gasteiger partial charge in [-0.3, -0.25) is 9.59 Å². The number of nitrogens with zero attached hydrogens (tertiary/aromatic N) is 1. The van der Waals surface area contributed by atoms with Gasteiger partial charge in [0.05, 0.1) is 0 Å². The van der Waals surface area contributed by atoms with Crippen LogP contribution in [0.2, 0.25) is 0 Å². The molecule has 7 heteroatoms. The number of amides is 2. The van der Waals surface area contributed by atoms with Gasteiger partial charge < -0.3 is 20.9 Å². The molecule has 0 radical (unpaired) electrons. The van der Waals surface area contributed by atoms with E-state index in [-0.39, 0.29) is 30.1 Å². The first-order valence-corrected chi connectivity index (χ1v) is 10.3. The van der Waals surface area contributed by atoms with Crippen LogP contribution in [0.4, 0.5) is 11.4 Å². The molecule has 1 aromatic carbocycles. The highest BCUT2D eigenvalue weighted by molar-refractivity contribution is 5.97. The lowest BCUT2D eigenvalue weighted by atomic mass is 9.96. The van der Waals surface area contributed by atoms with Crippen LogP contribution in [0, 0.1) is 5.92 Å². The maximum absolute atomic E-state index is 12.8. The number of nitrogens with one attached hydrogen (secondary N) is 3. The van der Waals surface area contributed by atoms with Crippen molar-refractivity contribution in [3.8, 4) is 0 Å². The van der Waals surface area contributed by atoms with Gasteiger partial charge >= 0.3 is 0 Å². The van der Waals surface area contributed by atoms with Gasteiger partial charge in [0.15, 0.2) is 0 Å². The number of rotatable bonds is 7. The van der Waals surface area contributed by atoms with E-state index < -0.39 is 6.04 Å². The van der Waals surface area contributed by atoms with Crippen molar-refractivity contribution in [3.05, 3.63) is 24.3 Å². The lowest BCUT2D eigenvalue weighted by Crippen LogP contribution is -2.47. The molecule has 3 N–H and O–H groups in total. The van der Waals surface area contributed by atoms with Gasteiger partial charge in [-0.25, -0.2) is 0 Å². The van der Waals surface area contributed by atoms with E-state index in [2.05, 4.69) is 26.9 Å². The van der Waals surface area contributed by atoms with Crippen molar-refractivity contribution >= 4 is 35.6 Å². The summed E-state index contributed by atoms with van der Waals surface area (Å²) in [4.78, 5) is 27.7. The molecule has 2 heterocycles. The summed E-state index contributed by atoms with van der Waals surface area (Å²) in [6.45, 7) is 5.91. The molecule has 2 fully saturated rings. The monoisotopic (exact) mass is 408 g/mol. The third-order valence-electron chi connectivity index (χ3n) is 5.51. The number of hydrogen-bond donors (Lipinski definition) is 3. The first-order valence-electron chi connectivity index (χ1n) is 10.3. The summed E-state index contributed by atoms with van der Waals surface area (Å²) in [5.41, 5.74) is 1.94. The number of piperidine rings is 1. The summed E-state index contributed by atoms with van der Waals surface area (Å²) >= 11 is 0. The van der Waals surface area contributed by atoms with Crippen LogP contribution < -0.4 is 20.9 Å². The Morgan fingerprint density at radius 3 is 2.61 bits per heavy atom. The molecule has 2 aliphatic heterocycles. The van der Waals surface area contributed by atoms with Crippen molar-refractivity contribution in [2.45, 2.75) is 51.5 Å². The van der Waals surface area contributed by atoms with Crippen LogP contribution in [0.3, 0.4) is 0 Å². The molecule has 156 valence electrons. The second-order valence-electron chi connectivity index (χ2n) is 7.61.